The van der Waals surface area contributed by atoms with Crippen LogP contribution in [0.1, 0.15) is 16.8 Å². The number of hydrogen-bond donors (Lipinski definition) is 3. The standard InChI is InChI=1S/C13H17ClN4O/c14-11-5-2-1-4-10(11)12(19)15-8-9-18-13-16-6-3-7-17-13/h1-2,4-5H,3,6-9H2,(H,15,19)(H2,16,17,18). The quantitative estimate of drug-likeness (QED) is 0.721. The first-order chi connectivity index (χ1) is 9.27. The van der Waals surface area contributed by atoms with Crippen molar-refractivity contribution < 1.29 is 4.79 Å². The van der Waals surface area contributed by atoms with Crippen molar-refractivity contribution in [3.8, 4) is 0 Å². The fourth-order valence-corrected chi connectivity index (χ4v) is 1.97. The second-order valence-electron chi connectivity index (χ2n) is 4.17. The average molecular weight is 281 g/mol. The molecule has 1 aromatic carbocycles. The molecule has 6 heteroatoms. The number of carbonyl (C=O) groups is 1. The zero-order valence-electron chi connectivity index (χ0n) is 10.6. The van der Waals surface area contributed by atoms with Gasteiger partial charge in [0.25, 0.3) is 5.91 Å². The van der Waals surface area contributed by atoms with Gasteiger partial charge in [0.2, 0.25) is 0 Å². The third kappa shape index (κ3) is 4.13. The molecule has 1 aliphatic heterocycles. The van der Waals surface area contributed by atoms with E-state index in [0.717, 1.165) is 25.5 Å². The van der Waals surface area contributed by atoms with E-state index in [2.05, 4.69) is 20.9 Å². The van der Waals surface area contributed by atoms with Gasteiger partial charge in [-0.25, -0.2) is 0 Å². The molecule has 0 saturated heterocycles. The highest BCUT2D eigenvalue weighted by atomic mass is 35.5. The molecular formula is C13H17ClN4O. The van der Waals surface area contributed by atoms with Gasteiger partial charge in [0.1, 0.15) is 0 Å². The zero-order valence-corrected chi connectivity index (χ0v) is 11.3. The number of guanidine groups is 1. The number of carbonyl (C=O) groups excluding carboxylic acids is 1. The van der Waals surface area contributed by atoms with E-state index >= 15 is 0 Å². The lowest BCUT2D eigenvalue weighted by Crippen LogP contribution is -2.43. The Morgan fingerprint density at radius 3 is 2.95 bits per heavy atom. The van der Waals surface area contributed by atoms with E-state index in [0.29, 0.717) is 23.7 Å². The minimum atomic E-state index is -0.161. The Bertz CT molecular complexity index is 475. The summed E-state index contributed by atoms with van der Waals surface area (Å²) in [7, 11) is 0. The number of rotatable bonds is 4. The number of nitrogens with one attached hydrogen (secondary N) is 3. The summed E-state index contributed by atoms with van der Waals surface area (Å²) >= 11 is 5.95. The molecule has 19 heavy (non-hydrogen) atoms. The monoisotopic (exact) mass is 280 g/mol. The Balaban J connectivity index is 1.72. The second kappa shape index (κ2) is 6.99. The van der Waals surface area contributed by atoms with Gasteiger partial charge in [-0.05, 0) is 18.6 Å². The number of halogens is 1. The highest BCUT2D eigenvalue weighted by molar-refractivity contribution is 6.33. The van der Waals surface area contributed by atoms with Crippen LogP contribution in [0.4, 0.5) is 0 Å². The fraction of sp³-hybridized carbons (Fsp3) is 0.385. The van der Waals surface area contributed by atoms with Gasteiger partial charge >= 0.3 is 0 Å². The van der Waals surface area contributed by atoms with Crippen LogP contribution in [-0.4, -0.2) is 38.0 Å². The highest BCUT2D eigenvalue weighted by Crippen LogP contribution is 2.14. The first kappa shape index (κ1) is 13.7. The Morgan fingerprint density at radius 1 is 1.37 bits per heavy atom. The predicted octanol–water partition coefficient (Wildman–Crippen LogP) is 1.01. The van der Waals surface area contributed by atoms with Crippen molar-refractivity contribution in [1.29, 1.82) is 0 Å². The molecule has 2 rings (SSSR count). The number of nitrogens with zero attached hydrogens (tertiary/aromatic N) is 1. The SMILES string of the molecule is O=C(NCCNC1=NCCCN1)c1ccccc1Cl. The van der Waals surface area contributed by atoms with Gasteiger partial charge in [0, 0.05) is 26.2 Å². The molecule has 1 heterocycles. The van der Waals surface area contributed by atoms with Gasteiger partial charge in [0.15, 0.2) is 5.96 Å². The maximum Gasteiger partial charge on any atom is 0.252 e. The Morgan fingerprint density at radius 2 is 2.21 bits per heavy atom. The van der Waals surface area contributed by atoms with Gasteiger partial charge < -0.3 is 16.0 Å². The summed E-state index contributed by atoms with van der Waals surface area (Å²) in [5.74, 6) is 0.643. The molecule has 0 saturated carbocycles. The topological polar surface area (TPSA) is 65.5 Å². The van der Waals surface area contributed by atoms with Crippen molar-refractivity contribution in [2.45, 2.75) is 6.42 Å². The molecule has 0 radical (unpaired) electrons. The molecule has 1 aromatic rings. The van der Waals surface area contributed by atoms with Gasteiger partial charge in [-0.15, -0.1) is 0 Å². The minimum Gasteiger partial charge on any atom is -0.356 e. The average Bonchev–Trinajstić information content (AvgIpc) is 2.45. The molecule has 0 unspecified atom stereocenters. The second-order valence-corrected chi connectivity index (χ2v) is 4.58. The van der Waals surface area contributed by atoms with E-state index in [1.807, 2.05) is 0 Å². The van der Waals surface area contributed by atoms with Gasteiger partial charge in [-0.2, -0.15) is 0 Å². The van der Waals surface area contributed by atoms with Crippen LogP contribution in [0.2, 0.25) is 5.02 Å². The summed E-state index contributed by atoms with van der Waals surface area (Å²) in [6, 6.07) is 7.00. The van der Waals surface area contributed by atoms with Gasteiger partial charge in [0.05, 0.1) is 10.6 Å². The molecule has 0 atom stereocenters. The van der Waals surface area contributed by atoms with E-state index in [1.165, 1.54) is 0 Å². The van der Waals surface area contributed by atoms with Crippen molar-refractivity contribution in [2.75, 3.05) is 26.2 Å². The smallest absolute Gasteiger partial charge is 0.252 e. The van der Waals surface area contributed by atoms with Gasteiger partial charge in [-0.1, -0.05) is 23.7 Å². The fourth-order valence-electron chi connectivity index (χ4n) is 1.75. The molecule has 0 fully saturated rings. The van der Waals surface area contributed by atoms with Crippen LogP contribution in [0, 0.1) is 0 Å². The van der Waals surface area contributed by atoms with Crippen LogP contribution in [-0.2, 0) is 0 Å². The first-order valence-electron chi connectivity index (χ1n) is 6.32. The summed E-state index contributed by atoms with van der Waals surface area (Å²) in [5, 5.41) is 9.56. The minimum absolute atomic E-state index is 0.161. The van der Waals surface area contributed by atoms with Crippen molar-refractivity contribution in [1.82, 2.24) is 16.0 Å². The normalized spacial score (nSPS) is 14.3. The Labute approximate surface area is 117 Å². The summed E-state index contributed by atoms with van der Waals surface area (Å²) in [4.78, 5) is 16.1. The van der Waals surface area contributed by atoms with Crippen molar-refractivity contribution in [3.63, 3.8) is 0 Å². The van der Waals surface area contributed by atoms with E-state index in [9.17, 15) is 4.79 Å². The summed E-state index contributed by atoms with van der Waals surface area (Å²) in [6.07, 6.45) is 1.06. The molecule has 0 bridgehead atoms. The molecule has 0 aliphatic carbocycles. The molecular weight excluding hydrogens is 264 g/mol. The van der Waals surface area contributed by atoms with Crippen LogP contribution in [0.25, 0.3) is 0 Å². The van der Waals surface area contributed by atoms with Crippen molar-refractivity contribution in [3.05, 3.63) is 34.9 Å². The maximum atomic E-state index is 11.8. The van der Waals surface area contributed by atoms with E-state index in [1.54, 1.807) is 24.3 Å². The maximum absolute atomic E-state index is 11.8. The van der Waals surface area contributed by atoms with Crippen LogP contribution in [0.5, 0.6) is 0 Å². The van der Waals surface area contributed by atoms with Crippen molar-refractivity contribution in [2.24, 2.45) is 4.99 Å². The molecule has 102 valence electrons. The highest BCUT2D eigenvalue weighted by Gasteiger charge is 2.08. The Kier molecular flexibility index (Phi) is 5.03. The largest absolute Gasteiger partial charge is 0.356 e. The zero-order chi connectivity index (χ0) is 13.5. The molecule has 5 nitrogen and oxygen atoms in total. The van der Waals surface area contributed by atoms with Crippen LogP contribution in [0.15, 0.2) is 29.3 Å². The van der Waals surface area contributed by atoms with E-state index in [-0.39, 0.29) is 5.91 Å². The van der Waals surface area contributed by atoms with Crippen LogP contribution in [0.3, 0.4) is 0 Å². The number of aliphatic imine (C=N–C) groups is 1. The molecule has 0 spiro atoms. The van der Waals surface area contributed by atoms with E-state index in [4.69, 9.17) is 11.6 Å². The number of benzene rings is 1. The third-order valence-electron chi connectivity index (χ3n) is 2.72. The van der Waals surface area contributed by atoms with Gasteiger partial charge in [-0.3, -0.25) is 9.79 Å². The summed E-state index contributed by atoms with van der Waals surface area (Å²) < 4.78 is 0. The lowest BCUT2D eigenvalue weighted by Gasteiger charge is -2.16. The summed E-state index contributed by atoms with van der Waals surface area (Å²) in [6.45, 7) is 2.94. The van der Waals surface area contributed by atoms with Crippen molar-refractivity contribution >= 4 is 23.5 Å². The number of amides is 1. The molecule has 1 aliphatic rings. The molecule has 0 aromatic heterocycles. The van der Waals surface area contributed by atoms with Crippen LogP contribution < -0.4 is 16.0 Å². The predicted molar refractivity (Wildman–Crippen MR) is 76.7 cm³/mol. The first-order valence-corrected chi connectivity index (χ1v) is 6.70. The molecule has 1 amide bonds. The lowest BCUT2D eigenvalue weighted by atomic mass is 10.2. The number of hydrogen-bond acceptors (Lipinski definition) is 4. The Hall–Kier alpha value is -1.75. The third-order valence-corrected chi connectivity index (χ3v) is 3.05. The van der Waals surface area contributed by atoms with E-state index < -0.39 is 0 Å². The van der Waals surface area contributed by atoms with Crippen LogP contribution >= 0.6 is 11.6 Å². The molecule has 3 N–H and O–H groups in total. The lowest BCUT2D eigenvalue weighted by molar-refractivity contribution is 0.0954. The summed E-state index contributed by atoms with van der Waals surface area (Å²) in [5.41, 5.74) is 0.497.